The van der Waals surface area contributed by atoms with Gasteiger partial charge < -0.3 is 5.32 Å². The number of hydrogen-bond acceptors (Lipinski definition) is 4. The Balaban J connectivity index is 2.37. The van der Waals surface area contributed by atoms with Crippen molar-refractivity contribution in [3.05, 3.63) is 29.6 Å². The predicted molar refractivity (Wildman–Crippen MR) is 77.4 cm³/mol. The van der Waals surface area contributed by atoms with E-state index in [1.165, 1.54) is 0 Å². The third-order valence-corrected chi connectivity index (χ3v) is 4.13. The Morgan fingerprint density at radius 2 is 2.11 bits per heavy atom. The van der Waals surface area contributed by atoms with Crippen molar-refractivity contribution in [2.75, 3.05) is 12.3 Å². The van der Waals surface area contributed by atoms with Crippen molar-refractivity contribution in [3.8, 4) is 0 Å². The van der Waals surface area contributed by atoms with Gasteiger partial charge in [0.25, 0.3) is 0 Å². The van der Waals surface area contributed by atoms with Crippen LogP contribution in [0.4, 0.5) is 0 Å². The van der Waals surface area contributed by atoms with Crippen LogP contribution in [0.1, 0.15) is 31.5 Å². The lowest BCUT2D eigenvalue weighted by Gasteiger charge is -2.09. The molecular formula is C13H23N3O2S. The van der Waals surface area contributed by atoms with Gasteiger partial charge in [-0.25, -0.2) is 13.1 Å². The average Bonchev–Trinajstić information content (AvgIpc) is 2.34. The van der Waals surface area contributed by atoms with Crippen LogP contribution in [0.2, 0.25) is 0 Å². The zero-order valence-electron chi connectivity index (χ0n) is 11.8. The van der Waals surface area contributed by atoms with Crippen LogP contribution in [0.5, 0.6) is 0 Å². The minimum Gasteiger partial charge on any atom is -0.314 e. The normalized spacial score (nSPS) is 12.0. The van der Waals surface area contributed by atoms with E-state index in [-0.39, 0.29) is 12.3 Å². The fourth-order valence-electron chi connectivity index (χ4n) is 1.61. The summed E-state index contributed by atoms with van der Waals surface area (Å²) in [5.41, 5.74) is 1.76. The molecule has 1 aromatic rings. The lowest BCUT2D eigenvalue weighted by Crippen LogP contribution is -2.30. The molecule has 0 fully saturated rings. The first-order valence-electron chi connectivity index (χ1n) is 6.52. The third-order valence-electron chi connectivity index (χ3n) is 2.72. The Kier molecular flexibility index (Phi) is 6.41. The monoisotopic (exact) mass is 285 g/mol. The predicted octanol–water partition coefficient (Wildman–Crippen LogP) is 1.20. The molecule has 0 unspecified atom stereocenters. The summed E-state index contributed by atoms with van der Waals surface area (Å²) in [6, 6.07) is 4.14. The number of aryl methyl sites for hydroxylation is 1. The number of pyridine rings is 1. The Hall–Kier alpha value is -0.980. The number of aromatic nitrogens is 1. The molecule has 0 aromatic carbocycles. The Morgan fingerprint density at radius 3 is 2.74 bits per heavy atom. The fourth-order valence-corrected chi connectivity index (χ4v) is 2.63. The first-order chi connectivity index (χ1) is 8.91. The highest BCUT2D eigenvalue weighted by molar-refractivity contribution is 7.89. The molecular weight excluding hydrogens is 262 g/mol. The summed E-state index contributed by atoms with van der Waals surface area (Å²) in [4.78, 5) is 4.16. The van der Waals surface area contributed by atoms with Gasteiger partial charge in [0.1, 0.15) is 0 Å². The van der Waals surface area contributed by atoms with E-state index in [1.807, 2.05) is 32.9 Å². The first-order valence-corrected chi connectivity index (χ1v) is 8.17. The molecule has 2 N–H and O–H groups in total. The lowest BCUT2D eigenvalue weighted by molar-refractivity contribution is 0.560. The second-order valence-corrected chi connectivity index (χ2v) is 6.80. The van der Waals surface area contributed by atoms with Crippen LogP contribution in [-0.2, 0) is 16.6 Å². The molecule has 0 radical (unpaired) electrons. The van der Waals surface area contributed by atoms with Crippen LogP contribution >= 0.6 is 0 Å². The molecule has 0 aliphatic rings. The molecule has 19 heavy (non-hydrogen) atoms. The number of rotatable bonds is 8. The maximum absolute atomic E-state index is 11.8. The van der Waals surface area contributed by atoms with Crippen LogP contribution in [0.25, 0.3) is 0 Å². The zero-order chi connectivity index (χ0) is 14.3. The summed E-state index contributed by atoms with van der Waals surface area (Å²) in [7, 11) is -3.22. The maximum atomic E-state index is 11.8. The van der Waals surface area contributed by atoms with Gasteiger partial charge in [0, 0.05) is 12.2 Å². The highest BCUT2D eigenvalue weighted by atomic mass is 32.2. The molecule has 1 heterocycles. The second kappa shape index (κ2) is 7.57. The zero-order valence-corrected chi connectivity index (χ0v) is 12.6. The number of nitrogens with zero attached hydrogens (tertiary/aromatic N) is 1. The standard InChI is InChI=1S/C13H23N3O2S/c1-11(2)14-8-5-9-19(17,18)16-10-13-12(3)6-4-7-15-13/h4,6-7,11,14,16H,5,8-10H2,1-3H3. The van der Waals surface area contributed by atoms with Gasteiger partial charge in [-0.2, -0.15) is 0 Å². The maximum Gasteiger partial charge on any atom is 0.211 e. The van der Waals surface area contributed by atoms with Crippen molar-refractivity contribution in [2.24, 2.45) is 0 Å². The molecule has 1 aromatic heterocycles. The third kappa shape index (κ3) is 6.66. The largest absolute Gasteiger partial charge is 0.314 e. The van der Waals surface area contributed by atoms with Gasteiger partial charge in [0.15, 0.2) is 0 Å². The summed E-state index contributed by atoms with van der Waals surface area (Å²) in [6.07, 6.45) is 2.28. The summed E-state index contributed by atoms with van der Waals surface area (Å²) in [6.45, 7) is 6.96. The van der Waals surface area contributed by atoms with Gasteiger partial charge in [-0.15, -0.1) is 0 Å². The summed E-state index contributed by atoms with van der Waals surface area (Å²) in [5, 5.41) is 3.20. The van der Waals surface area contributed by atoms with Crippen LogP contribution < -0.4 is 10.0 Å². The van der Waals surface area contributed by atoms with E-state index >= 15 is 0 Å². The Morgan fingerprint density at radius 1 is 1.37 bits per heavy atom. The highest BCUT2D eigenvalue weighted by Crippen LogP contribution is 2.03. The Bertz CT molecular complexity index is 486. The van der Waals surface area contributed by atoms with Gasteiger partial charge in [0.05, 0.1) is 18.0 Å². The molecule has 0 saturated heterocycles. The molecule has 5 nitrogen and oxygen atoms in total. The van der Waals surface area contributed by atoms with Crippen molar-refractivity contribution in [1.29, 1.82) is 0 Å². The lowest BCUT2D eigenvalue weighted by atomic mass is 10.2. The Labute approximate surface area is 115 Å². The highest BCUT2D eigenvalue weighted by Gasteiger charge is 2.10. The van der Waals surface area contributed by atoms with E-state index in [4.69, 9.17) is 0 Å². The van der Waals surface area contributed by atoms with E-state index in [0.29, 0.717) is 19.0 Å². The first kappa shape index (κ1) is 16.1. The number of hydrogen-bond donors (Lipinski definition) is 2. The van der Waals surface area contributed by atoms with E-state index in [2.05, 4.69) is 15.0 Å². The number of nitrogens with one attached hydrogen (secondary N) is 2. The average molecular weight is 285 g/mol. The summed E-state index contributed by atoms with van der Waals surface area (Å²) >= 11 is 0. The van der Waals surface area contributed by atoms with Crippen LogP contribution in [0.3, 0.4) is 0 Å². The molecule has 0 aliphatic carbocycles. The quantitative estimate of drug-likeness (QED) is 0.704. The molecule has 0 amide bonds. The topological polar surface area (TPSA) is 71.1 Å². The van der Waals surface area contributed by atoms with E-state index < -0.39 is 10.0 Å². The summed E-state index contributed by atoms with van der Waals surface area (Å²) < 4.78 is 26.2. The van der Waals surface area contributed by atoms with Crippen LogP contribution in [-0.4, -0.2) is 31.7 Å². The van der Waals surface area contributed by atoms with E-state index in [9.17, 15) is 8.42 Å². The van der Waals surface area contributed by atoms with Crippen LogP contribution in [0.15, 0.2) is 18.3 Å². The van der Waals surface area contributed by atoms with Crippen molar-refractivity contribution in [1.82, 2.24) is 15.0 Å². The molecule has 1 rings (SSSR count). The van der Waals surface area contributed by atoms with E-state index in [1.54, 1.807) is 6.20 Å². The second-order valence-electron chi connectivity index (χ2n) is 4.87. The van der Waals surface area contributed by atoms with Gasteiger partial charge in [0.2, 0.25) is 10.0 Å². The summed E-state index contributed by atoms with van der Waals surface area (Å²) in [5.74, 6) is 0.138. The van der Waals surface area contributed by atoms with Gasteiger partial charge >= 0.3 is 0 Å². The molecule has 108 valence electrons. The molecule has 0 spiro atoms. The van der Waals surface area contributed by atoms with Gasteiger partial charge in [-0.05, 0) is 31.5 Å². The van der Waals surface area contributed by atoms with Crippen LogP contribution in [0, 0.1) is 6.92 Å². The van der Waals surface area contributed by atoms with Gasteiger partial charge in [-0.1, -0.05) is 19.9 Å². The molecule has 0 bridgehead atoms. The molecule has 6 heteroatoms. The minimum absolute atomic E-state index is 0.138. The SMILES string of the molecule is Cc1cccnc1CNS(=O)(=O)CCCNC(C)C. The van der Waals surface area contributed by atoms with Crippen molar-refractivity contribution >= 4 is 10.0 Å². The molecule has 0 aliphatic heterocycles. The number of sulfonamides is 1. The molecule has 0 atom stereocenters. The van der Waals surface area contributed by atoms with Gasteiger partial charge in [-0.3, -0.25) is 4.98 Å². The smallest absolute Gasteiger partial charge is 0.211 e. The van der Waals surface area contributed by atoms with E-state index in [0.717, 1.165) is 11.3 Å². The van der Waals surface area contributed by atoms with Crippen molar-refractivity contribution < 1.29 is 8.42 Å². The van der Waals surface area contributed by atoms with Crippen molar-refractivity contribution in [2.45, 2.75) is 39.8 Å². The van der Waals surface area contributed by atoms with Crippen molar-refractivity contribution in [3.63, 3.8) is 0 Å². The molecule has 0 saturated carbocycles. The minimum atomic E-state index is -3.22. The fraction of sp³-hybridized carbons (Fsp3) is 0.615.